The van der Waals surface area contributed by atoms with Crippen LogP contribution < -0.4 is 10.3 Å². The van der Waals surface area contributed by atoms with Crippen LogP contribution in [0.1, 0.15) is 43.6 Å². The van der Waals surface area contributed by atoms with Crippen LogP contribution in [-0.2, 0) is 27.2 Å². The molecule has 1 fully saturated rings. The van der Waals surface area contributed by atoms with Crippen molar-refractivity contribution in [2.45, 2.75) is 52.4 Å². The molecule has 0 saturated carbocycles. The third-order valence-corrected chi connectivity index (χ3v) is 8.08. The lowest BCUT2D eigenvalue weighted by Crippen LogP contribution is -2.39. The van der Waals surface area contributed by atoms with E-state index in [4.69, 9.17) is 19.2 Å². The molecule has 9 nitrogen and oxygen atoms in total. The van der Waals surface area contributed by atoms with Crippen molar-refractivity contribution in [2.24, 2.45) is 0 Å². The lowest BCUT2D eigenvalue weighted by Gasteiger charge is -2.30. The molecule has 1 atom stereocenters. The maximum atomic E-state index is 13.3. The number of benzene rings is 2. The molecule has 9 heteroatoms. The Morgan fingerprint density at radius 2 is 1.88 bits per heavy atom. The minimum Gasteiger partial charge on any atom is -0.493 e. The van der Waals surface area contributed by atoms with Crippen molar-refractivity contribution in [2.75, 3.05) is 39.5 Å². The fourth-order valence-electron chi connectivity index (χ4n) is 6.20. The quantitative estimate of drug-likeness (QED) is 0.340. The second-order valence-corrected chi connectivity index (χ2v) is 12.0. The van der Waals surface area contributed by atoms with E-state index in [9.17, 15) is 14.7 Å². The molecule has 0 radical (unpaired) electrons. The summed E-state index contributed by atoms with van der Waals surface area (Å²) in [6, 6.07) is 11.2. The lowest BCUT2D eigenvalue weighted by atomic mass is 9.86. The zero-order valence-corrected chi connectivity index (χ0v) is 24.6. The van der Waals surface area contributed by atoms with E-state index in [0.29, 0.717) is 44.0 Å². The summed E-state index contributed by atoms with van der Waals surface area (Å²) in [5.41, 5.74) is 4.61. The normalized spacial score (nSPS) is 16.5. The topological polar surface area (TPSA) is 103 Å². The molecule has 4 heterocycles. The first-order valence-corrected chi connectivity index (χ1v) is 14.5. The highest BCUT2D eigenvalue weighted by molar-refractivity contribution is 6.08. The molecule has 1 saturated heterocycles. The number of aromatic nitrogens is 2. The largest absolute Gasteiger partial charge is 0.493 e. The van der Waals surface area contributed by atoms with Gasteiger partial charge in [0.05, 0.1) is 36.5 Å². The first-order chi connectivity index (χ1) is 20.1. The molecule has 1 N–H and O–H groups in total. The minimum atomic E-state index is -1.24. The Hall–Kier alpha value is -3.79. The van der Waals surface area contributed by atoms with Crippen LogP contribution in [0, 0.1) is 6.92 Å². The van der Waals surface area contributed by atoms with Gasteiger partial charge in [-0.15, -0.1) is 0 Å². The number of carboxylic acids is 1. The number of morpholine rings is 1. The van der Waals surface area contributed by atoms with Gasteiger partial charge >= 0.3 is 5.97 Å². The van der Waals surface area contributed by atoms with Crippen LogP contribution in [-0.4, -0.2) is 70.6 Å². The molecule has 0 amide bonds. The van der Waals surface area contributed by atoms with E-state index in [2.05, 4.69) is 4.90 Å². The SMILES string of the molecule is Cc1cc2c(ccc(=O)n2CCN2CCOCC2)c(-c2ccc3c4c(ccnc24)CCO3)c1C(OC(C)(C)C)C(=O)O. The van der Waals surface area contributed by atoms with E-state index >= 15 is 0 Å². The first-order valence-electron chi connectivity index (χ1n) is 14.5. The van der Waals surface area contributed by atoms with Gasteiger partial charge in [-0.2, -0.15) is 0 Å². The van der Waals surface area contributed by atoms with Crippen LogP contribution in [0.5, 0.6) is 5.75 Å². The smallest absolute Gasteiger partial charge is 0.337 e. The number of carbonyl (C=O) groups is 1. The van der Waals surface area contributed by atoms with Crippen molar-refractivity contribution in [3.05, 3.63) is 69.6 Å². The third-order valence-electron chi connectivity index (χ3n) is 8.08. The monoisotopic (exact) mass is 571 g/mol. The van der Waals surface area contributed by atoms with Crippen LogP contribution in [0.25, 0.3) is 32.9 Å². The van der Waals surface area contributed by atoms with E-state index < -0.39 is 17.7 Å². The molecule has 2 aliphatic heterocycles. The number of aliphatic carboxylic acids is 1. The van der Waals surface area contributed by atoms with Crippen molar-refractivity contribution in [1.29, 1.82) is 0 Å². The Morgan fingerprint density at radius 1 is 1.10 bits per heavy atom. The highest BCUT2D eigenvalue weighted by Crippen LogP contribution is 2.44. The minimum absolute atomic E-state index is 0.0991. The molecule has 42 heavy (non-hydrogen) atoms. The van der Waals surface area contributed by atoms with E-state index in [1.807, 2.05) is 58.0 Å². The van der Waals surface area contributed by atoms with Crippen molar-refractivity contribution in [3.63, 3.8) is 0 Å². The Balaban J connectivity index is 1.64. The Bertz CT molecular complexity index is 1720. The van der Waals surface area contributed by atoms with Gasteiger partial charge in [-0.1, -0.05) is 0 Å². The van der Waals surface area contributed by atoms with Gasteiger partial charge in [-0.3, -0.25) is 14.7 Å². The number of ether oxygens (including phenoxy) is 3. The zero-order valence-electron chi connectivity index (χ0n) is 24.6. The number of pyridine rings is 2. The van der Waals surface area contributed by atoms with Gasteiger partial charge in [0.2, 0.25) is 0 Å². The van der Waals surface area contributed by atoms with Crippen LogP contribution in [0.2, 0.25) is 0 Å². The Morgan fingerprint density at radius 3 is 2.62 bits per heavy atom. The van der Waals surface area contributed by atoms with Crippen molar-refractivity contribution >= 4 is 27.8 Å². The third kappa shape index (κ3) is 5.28. The van der Waals surface area contributed by atoms with Gasteiger partial charge < -0.3 is 23.9 Å². The van der Waals surface area contributed by atoms with Crippen LogP contribution in [0.3, 0.4) is 0 Å². The van der Waals surface area contributed by atoms with E-state index in [1.165, 1.54) is 0 Å². The summed E-state index contributed by atoms with van der Waals surface area (Å²) < 4.78 is 19.5. The number of aryl methyl sites for hydroxylation is 1. The predicted octanol–water partition coefficient (Wildman–Crippen LogP) is 4.73. The summed E-state index contributed by atoms with van der Waals surface area (Å²) in [5, 5.41) is 12.2. The molecule has 1 unspecified atom stereocenters. The number of rotatable bonds is 7. The number of hydrogen-bond donors (Lipinski definition) is 1. The molecule has 220 valence electrons. The van der Waals surface area contributed by atoms with E-state index in [0.717, 1.165) is 63.8 Å². The molecule has 0 spiro atoms. The van der Waals surface area contributed by atoms with Gasteiger partial charge in [-0.25, -0.2) is 4.79 Å². The summed E-state index contributed by atoms with van der Waals surface area (Å²) in [6.07, 6.45) is 1.33. The fourth-order valence-corrected chi connectivity index (χ4v) is 6.20. The highest BCUT2D eigenvalue weighted by Gasteiger charge is 2.33. The fraction of sp³-hybridized carbons (Fsp3) is 0.424. The molecule has 2 aliphatic rings. The van der Waals surface area contributed by atoms with Gasteiger partial charge in [-0.05, 0) is 74.7 Å². The van der Waals surface area contributed by atoms with Crippen molar-refractivity contribution in [1.82, 2.24) is 14.5 Å². The molecule has 4 aromatic rings. The predicted molar refractivity (Wildman–Crippen MR) is 161 cm³/mol. The highest BCUT2D eigenvalue weighted by atomic mass is 16.5. The maximum Gasteiger partial charge on any atom is 0.337 e. The van der Waals surface area contributed by atoms with Gasteiger partial charge in [0.25, 0.3) is 5.56 Å². The van der Waals surface area contributed by atoms with Crippen molar-refractivity contribution in [3.8, 4) is 16.9 Å². The lowest BCUT2D eigenvalue weighted by molar-refractivity contribution is -0.160. The standard InChI is InChI=1S/C33H37N3O6/c1-20-19-24-22(6-8-26(37)36(24)13-12-35-14-17-40-18-15-35)29(27(20)31(32(38)39)42-33(2,3)4)23-5-7-25-28-21(10-16-41-25)9-11-34-30(23)28/h5-9,11,19,31H,10,12-18H2,1-4H3,(H,38,39). The molecule has 2 aromatic carbocycles. The maximum absolute atomic E-state index is 13.3. The number of carboxylic acid groups (broad SMARTS) is 1. The van der Waals surface area contributed by atoms with Crippen LogP contribution in [0.15, 0.2) is 47.4 Å². The molecule has 0 bridgehead atoms. The zero-order chi connectivity index (χ0) is 29.6. The molecular weight excluding hydrogens is 534 g/mol. The molecule has 0 aliphatic carbocycles. The number of fused-ring (bicyclic) bond motifs is 1. The van der Waals surface area contributed by atoms with E-state index in [-0.39, 0.29) is 5.56 Å². The summed E-state index contributed by atoms with van der Waals surface area (Å²) in [5.74, 6) is -0.307. The van der Waals surface area contributed by atoms with Crippen LogP contribution in [0.4, 0.5) is 0 Å². The van der Waals surface area contributed by atoms with Crippen LogP contribution >= 0.6 is 0 Å². The average molecular weight is 572 g/mol. The summed E-state index contributed by atoms with van der Waals surface area (Å²) in [6.45, 7) is 12.3. The summed E-state index contributed by atoms with van der Waals surface area (Å²) in [7, 11) is 0. The van der Waals surface area contributed by atoms with Gasteiger partial charge in [0.15, 0.2) is 6.10 Å². The first kappa shape index (κ1) is 28.3. The molecule has 2 aromatic heterocycles. The second kappa shape index (κ2) is 11.1. The number of hydrogen-bond acceptors (Lipinski definition) is 7. The number of nitrogens with zero attached hydrogens (tertiary/aromatic N) is 3. The van der Waals surface area contributed by atoms with Gasteiger partial charge in [0, 0.05) is 66.8 Å². The second-order valence-electron chi connectivity index (χ2n) is 12.0. The Labute approximate surface area is 244 Å². The van der Waals surface area contributed by atoms with Crippen molar-refractivity contribution < 1.29 is 24.1 Å². The summed E-state index contributed by atoms with van der Waals surface area (Å²) in [4.78, 5) is 33.2. The van der Waals surface area contributed by atoms with E-state index in [1.54, 1.807) is 16.8 Å². The molecular formula is C33H37N3O6. The molecule has 6 rings (SSSR count). The van der Waals surface area contributed by atoms with Gasteiger partial charge in [0.1, 0.15) is 5.75 Å². The summed E-state index contributed by atoms with van der Waals surface area (Å²) >= 11 is 0. The Kier molecular flexibility index (Phi) is 7.51. The average Bonchev–Trinajstić information content (AvgIpc) is 2.96.